The van der Waals surface area contributed by atoms with Crippen LogP contribution >= 0.6 is 0 Å². The number of hydrogen-bond donors (Lipinski definition) is 0. The standard InChI is InChI=1S/C20H20FN7/c1-14-12-27(7-8-28(14)17-6-4-5-16(21)9-17)20-18(22-2)11-23-19(25-20)15-10-24-26(3)13-15/h4-6,9-11,13-14H,7-8,12H2,1,3H3/t14-/m1/s1. The fourth-order valence-corrected chi connectivity index (χ4v) is 3.54. The number of hydrogen-bond acceptors (Lipinski definition) is 5. The number of rotatable bonds is 3. The number of piperazine rings is 1. The van der Waals surface area contributed by atoms with Gasteiger partial charge in [0.2, 0.25) is 5.69 Å². The molecule has 0 saturated carbocycles. The Morgan fingerprint density at radius 3 is 2.79 bits per heavy atom. The first-order valence-corrected chi connectivity index (χ1v) is 9.06. The maximum Gasteiger partial charge on any atom is 0.246 e. The summed E-state index contributed by atoms with van der Waals surface area (Å²) in [6.45, 7) is 11.7. The van der Waals surface area contributed by atoms with Gasteiger partial charge in [-0.1, -0.05) is 6.07 Å². The molecule has 1 aliphatic heterocycles. The SMILES string of the molecule is [C-]#[N+]c1cnc(-c2cnn(C)c2)nc1N1CCN(c2cccc(F)c2)[C@H](C)C1. The summed E-state index contributed by atoms with van der Waals surface area (Å²) in [4.78, 5) is 16.9. The molecule has 8 heteroatoms. The van der Waals surface area contributed by atoms with Crippen LogP contribution in [0.4, 0.5) is 21.6 Å². The van der Waals surface area contributed by atoms with E-state index in [0.717, 1.165) is 11.3 Å². The Balaban J connectivity index is 1.60. The van der Waals surface area contributed by atoms with Crippen LogP contribution < -0.4 is 9.80 Å². The van der Waals surface area contributed by atoms with Crippen molar-refractivity contribution in [2.45, 2.75) is 13.0 Å². The molecule has 3 heterocycles. The Morgan fingerprint density at radius 1 is 1.25 bits per heavy atom. The third-order valence-electron chi connectivity index (χ3n) is 4.90. The molecule has 4 rings (SSSR count). The quantitative estimate of drug-likeness (QED) is 0.656. The van der Waals surface area contributed by atoms with E-state index in [0.29, 0.717) is 37.0 Å². The van der Waals surface area contributed by atoms with Crippen molar-refractivity contribution in [1.29, 1.82) is 0 Å². The van der Waals surface area contributed by atoms with Crippen LogP contribution in [0.25, 0.3) is 16.2 Å². The summed E-state index contributed by atoms with van der Waals surface area (Å²) >= 11 is 0. The molecule has 1 fully saturated rings. The molecule has 0 unspecified atom stereocenters. The molecule has 1 atom stereocenters. The minimum absolute atomic E-state index is 0.144. The van der Waals surface area contributed by atoms with Crippen molar-refractivity contribution in [3.63, 3.8) is 0 Å². The van der Waals surface area contributed by atoms with Crippen LogP contribution in [0.15, 0.2) is 42.9 Å². The third kappa shape index (κ3) is 3.39. The lowest BCUT2D eigenvalue weighted by atomic mass is 10.1. The zero-order valence-electron chi connectivity index (χ0n) is 15.7. The van der Waals surface area contributed by atoms with Crippen LogP contribution in [0.5, 0.6) is 0 Å². The molecule has 0 aliphatic carbocycles. The van der Waals surface area contributed by atoms with Gasteiger partial charge in [0, 0.05) is 50.8 Å². The van der Waals surface area contributed by atoms with Crippen LogP contribution in [-0.2, 0) is 7.05 Å². The van der Waals surface area contributed by atoms with Crippen molar-refractivity contribution in [3.05, 3.63) is 60.1 Å². The Labute approximate surface area is 162 Å². The van der Waals surface area contributed by atoms with Gasteiger partial charge in [0.25, 0.3) is 0 Å². The van der Waals surface area contributed by atoms with Gasteiger partial charge < -0.3 is 9.80 Å². The van der Waals surface area contributed by atoms with Crippen molar-refractivity contribution >= 4 is 17.2 Å². The van der Waals surface area contributed by atoms with E-state index in [1.807, 2.05) is 19.3 Å². The smallest absolute Gasteiger partial charge is 0.246 e. The number of anilines is 2. The van der Waals surface area contributed by atoms with Gasteiger partial charge in [-0.3, -0.25) is 4.68 Å². The number of nitrogens with zero attached hydrogens (tertiary/aromatic N) is 7. The van der Waals surface area contributed by atoms with Gasteiger partial charge in [0.15, 0.2) is 5.82 Å². The molecule has 2 aromatic heterocycles. The summed E-state index contributed by atoms with van der Waals surface area (Å²) in [6.07, 6.45) is 5.13. The maximum absolute atomic E-state index is 13.6. The monoisotopic (exact) mass is 377 g/mol. The van der Waals surface area contributed by atoms with E-state index < -0.39 is 0 Å². The molecule has 0 amide bonds. The van der Waals surface area contributed by atoms with Gasteiger partial charge in [0.05, 0.1) is 18.3 Å². The molecule has 0 bridgehead atoms. The third-order valence-corrected chi connectivity index (χ3v) is 4.90. The highest BCUT2D eigenvalue weighted by Gasteiger charge is 2.27. The van der Waals surface area contributed by atoms with E-state index in [1.165, 1.54) is 6.07 Å². The zero-order chi connectivity index (χ0) is 19.7. The normalized spacial score (nSPS) is 16.9. The lowest BCUT2D eigenvalue weighted by molar-refractivity contribution is 0.545. The van der Waals surface area contributed by atoms with Crippen molar-refractivity contribution < 1.29 is 4.39 Å². The van der Waals surface area contributed by atoms with Gasteiger partial charge >= 0.3 is 0 Å². The highest BCUT2D eigenvalue weighted by Crippen LogP contribution is 2.31. The lowest BCUT2D eigenvalue weighted by Gasteiger charge is -2.42. The molecule has 0 N–H and O–H groups in total. The van der Waals surface area contributed by atoms with Crippen LogP contribution in [0.2, 0.25) is 0 Å². The lowest BCUT2D eigenvalue weighted by Crippen LogP contribution is -2.52. The first-order valence-electron chi connectivity index (χ1n) is 9.06. The highest BCUT2D eigenvalue weighted by atomic mass is 19.1. The van der Waals surface area contributed by atoms with E-state index in [4.69, 9.17) is 6.57 Å². The topological polar surface area (TPSA) is 54.4 Å². The van der Waals surface area contributed by atoms with E-state index >= 15 is 0 Å². The second kappa shape index (κ2) is 7.27. The summed E-state index contributed by atoms with van der Waals surface area (Å²) < 4.78 is 15.3. The second-order valence-corrected chi connectivity index (χ2v) is 6.89. The Hall–Kier alpha value is -3.47. The summed E-state index contributed by atoms with van der Waals surface area (Å²) in [7, 11) is 1.84. The van der Waals surface area contributed by atoms with E-state index in [1.54, 1.807) is 29.2 Å². The van der Waals surface area contributed by atoms with Crippen LogP contribution in [-0.4, -0.2) is 45.4 Å². The molecule has 1 aromatic carbocycles. The molecule has 142 valence electrons. The summed E-state index contributed by atoms with van der Waals surface area (Å²) in [5.41, 5.74) is 2.11. The molecular formula is C20H20FN7. The van der Waals surface area contributed by atoms with E-state index in [-0.39, 0.29) is 11.9 Å². The molecule has 3 aromatic rings. The Bertz CT molecular complexity index is 1040. The molecule has 0 radical (unpaired) electrons. The predicted molar refractivity (Wildman–Crippen MR) is 106 cm³/mol. The molecule has 1 aliphatic rings. The van der Waals surface area contributed by atoms with Gasteiger partial charge in [0.1, 0.15) is 11.6 Å². The molecule has 0 spiro atoms. The van der Waals surface area contributed by atoms with Crippen molar-refractivity contribution in [2.24, 2.45) is 7.05 Å². The second-order valence-electron chi connectivity index (χ2n) is 6.89. The van der Waals surface area contributed by atoms with Gasteiger partial charge in [-0.2, -0.15) is 5.10 Å². The number of benzene rings is 1. The van der Waals surface area contributed by atoms with Crippen molar-refractivity contribution in [2.75, 3.05) is 29.4 Å². The van der Waals surface area contributed by atoms with Crippen LogP contribution in [0.1, 0.15) is 6.92 Å². The highest BCUT2D eigenvalue weighted by molar-refractivity contribution is 5.69. The first-order chi connectivity index (χ1) is 13.5. The fraction of sp³-hybridized carbons (Fsp3) is 0.300. The summed E-state index contributed by atoms with van der Waals surface area (Å²) in [5, 5.41) is 4.17. The first kappa shape index (κ1) is 17.9. The van der Waals surface area contributed by atoms with Gasteiger partial charge in [-0.25, -0.2) is 19.2 Å². The molecule has 1 saturated heterocycles. The Kier molecular flexibility index (Phi) is 4.65. The van der Waals surface area contributed by atoms with E-state index in [9.17, 15) is 4.39 Å². The van der Waals surface area contributed by atoms with Crippen molar-refractivity contribution in [1.82, 2.24) is 19.7 Å². The maximum atomic E-state index is 13.6. The largest absolute Gasteiger partial charge is 0.365 e. The molecular weight excluding hydrogens is 357 g/mol. The van der Waals surface area contributed by atoms with Crippen molar-refractivity contribution in [3.8, 4) is 11.4 Å². The van der Waals surface area contributed by atoms with Crippen LogP contribution in [0.3, 0.4) is 0 Å². The fourth-order valence-electron chi connectivity index (χ4n) is 3.54. The average Bonchev–Trinajstić information content (AvgIpc) is 3.13. The van der Waals surface area contributed by atoms with E-state index in [2.05, 4.69) is 36.6 Å². The summed E-state index contributed by atoms with van der Waals surface area (Å²) in [6, 6.07) is 6.80. The van der Waals surface area contributed by atoms with Crippen LogP contribution in [0, 0.1) is 12.4 Å². The Morgan fingerprint density at radius 2 is 2.11 bits per heavy atom. The summed E-state index contributed by atoms with van der Waals surface area (Å²) in [5.74, 6) is 0.949. The number of aromatic nitrogens is 4. The van der Waals surface area contributed by atoms with Gasteiger partial charge in [-0.15, -0.1) is 0 Å². The number of aryl methyl sites for hydroxylation is 1. The number of halogens is 1. The molecule has 28 heavy (non-hydrogen) atoms. The minimum atomic E-state index is -0.237. The minimum Gasteiger partial charge on any atom is -0.365 e. The predicted octanol–water partition coefficient (Wildman–Crippen LogP) is 3.28. The van der Waals surface area contributed by atoms with Gasteiger partial charge in [-0.05, 0) is 25.1 Å². The average molecular weight is 377 g/mol. The molecule has 7 nitrogen and oxygen atoms in total. The zero-order valence-corrected chi connectivity index (χ0v) is 15.7.